The van der Waals surface area contributed by atoms with Gasteiger partial charge >= 0.3 is 5.97 Å². The molecule has 28 heavy (non-hydrogen) atoms. The largest absolute Gasteiger partial charge is 0.453 e. The Bertz CT molecular complexity index is 837. The summed E-state index contributed by atoms with van der Waals surface area (Å²) in [5.41, 5.74) is 1.59. The smallest absolute Gasteiger partial charge is 0.306 e. The molecule has 0 radical (unpaired) electrons. The average Bonchev–Trinajstić information content (AvgIpc) is 2.63. The van der Waals surface area contributed by atoms with E-state index in [1.807, 2.05) is 6.07 Å². The van der Waals surface area contributed by atoms with Gasteiger partial charge in [0.2, 0.25) is 0 Å². The van der Waals surface area contributed by atoms with Crippen molar-refractivity contribution in [1.29, 1.82) is 5.26 Å². The molecule has 1 saturated carbocycles. The number of pyridine rings is 1. The minimum Gasteiger partial charge on any atom is -0.453 e. The van der Waals surface area contributed by atoms with Crippen LogP contribution in [0.3, 0.4) is 0 Å². The minimum absolute atomic E-state index is 0.0586. The van der Waals surface area contributed by atoms with E-state index in [0.717, 1.165) is 24.8 Å². The van der Waals surface area contributed by atoms with Gasteiger partial charge in [0.1, 0.15) is 11.6 Å². The van der Waals surface area contributed by atoms with Gasteiger partial charge in [0, 0.05) is 18.2 Å². The summed E-state index contributed by atoms with van der Waals surface area (Å²) in [6, 6.07) is 2.03. The van der Waals surface area contributed by atoms with Gasteiger partial charge in [-0.3, -0.25) is 14.4 Å². The van der Waals surface area contributed by atoms with Crippen molar-refractivity contribution in [1.82, 2.24) is 10.3 Å². The fraction of sp³-hybridized carbons (Fsp3) is 0.619. The zero-order chi connectivity index (χ0) is 20.8. The summed E-state index contributed by atoms with van der Waals surface area (Å²) in [6.07, 6.45) is 3.89. The van der Waals surface area contributed by atoms with E-state index < -0.39 is 17.6 Å². The first-order chi connectivity index (χ1) is 13.2. The maximum absolute atomic E-state index is 12.3. The fourth-order valence-corrected chi connectivity index (χ4v) is 3.79. The Balaban J connectivity index is 1.91. The van der Waals surface area contributed by atoms with Crippen molar-refractivity contribution in [3.8, 4) is 6.07 Å². The summed E-state index contributed by atoms with van der Waals surface area (Å²) in [5.74, 6) is -0.320. The first kappa shape index (κ1) is 21.7. The van der Waals surface area contributed by atoms with E-state index in [4.69, 9.17) is 10.00 Å². The summed E-state index contributed by atoms with van der Waals surface area (Å²) < 4.78 is 5.28. The Hall–Kier alpha value is -2.62. The highest BCUT2D eigenvalue weighted by molar-refractivity contribution is 5.83. The summed E-state index contributed by atoms with van der Waals surface area (Å²) in [6.45, 7) is 7.14. The number of amides is 1. The molecule has 0 spiro atoms. The molecule has 1 heterocycles. The van der Waals surface area contributed by atoms with E-state index in [1.54, 1.807) is 20.8 Å². The molecule has 7 heteroatoms. The highest BCUT2D eigenvalue weighted by atomic mass is 16.5. The van der Waals surface area contributed by atoms with Crippen molar-refractivity contribution in [2.75, 3.05) is 0 Å². The summed E-state index contributed by atoms with van der Waals surface area (Å²) in [4.78, 5) is 38.9. The van der Waals surface area contributed by atoms with Crippen molar-refractivity contribution in [3.05, 3.63) is 32.7 Å². The van der Waals surface area contributed by atoms with Crippen LogP contribution in [0.5, 0.6) is 0 Å². The molecule has 0 bridgehead atoms. The third-order valence-corrected chi connectivity index (χ3v) is 5.62. The molecular formula is C21H29N3O4. The Morgan fingerprint density at radius 3 is 2.64 bits per heavy atom. The molecular weight excluding hydrogens is 358 g/mol. The lowest BCUT2D eigenvalue weighted by molar-refractivity contribution is -0.155. The molecule has 1 aromatic rings. The number of nitriles is 1. The Kier molecular flexibility index (Phi) is 7.38. The van der Waals surface area contributed by atoms with Crippen LogP contribution in [0.25, 0.3) is 0 Å². The number of nitrogens with zero attached hydrogens (tertiary/aromatic N) is 1. The van der Waals surface area contributed by atoms with Crippen LogP contribution in [0, 0.1) is 31.1 Å². The quantitative estimate of drug-likeness (QED) is 0.728. The molecule has 0 aromatic carbocycles. The lowest BCUT2D eigenvalue weighted by Crippen LogP contribution is -2.46. The molecule has 0 aliphatic heterocycles. The van der Waals surface area contributed by atoms with Crippen LogP contribution >= 0.6 is 0 Å². The van der Waals surface area contributed by atoms with Gasteiger partial charge in [-0.25, -0.2) is 0 Å². The van der Waals surface area contributed by atoms with E-state index in [1.165, 1.54) is 6.42 Å². The molecule has 1 fully saturated rings. The molecule has 1 aliphatic rings. The molecule has 1 aliphatic carbocycles. The first-order valence-electron chi connectivity index (χ1n) is 9.86. The number of H-pyrrole nitrogens is 1. The molecule has 0 unspecified atom stereocenters. The SMILES string of the molecule is Cc1[nH]c(=O)c(C#N)c(C)c1CCC(=O)O[C@H](C)C(=O)N[C@H]1CCCC[C@@H]1C. The maximum atomic E-state index is 12.3. The van der Waals surface area contributed by atoms with Gasteiger partial charge < -0.3 is 15.0 Å². The van der Waals surface area contributed by atoms with Gasteiger partial charge in [-0.1, -0.05) is 19.8 Å². The number of aryl methyl sites for hydroxylation is 1. The predicted octanol–water partition coefficient (Wildman–Crippen LogP) is 2.42. The number of rotatable bonds is 6. The molecule has 2 N–H and O–H groups in total. The number of nitrogens with one attached hydrogen (secondary N) is 2. The molecule has 2 rings (SSSR count). The van der Waals surface area contributed by atoms with E-state index in [-0.39, 0.29) is 23.9 Å². The van der Waals surface area contributed by atoms with Crippen molar-refractivity contribution in [3.63, 3.8) is 0 Å². The number of aromatic amines is 1. The fourth-order valence-electron chi connectivity index (χ4n) is 3.79. The van der Waals surface area contributed by atoms with Crippen LogP contribution in [0.4, 0.5) is 0 Å². The molecule has 7 nitrogen and oxygen atoms in total. The molecule has 0 saturated heterocycles. The number of hydrogen-bond donors (Lipinski definition) is 2. The standard InChI is InChI=1S/C21H29N3O4/c1-12-7-5-6-8-18(12)24-20(26)15(4)28-19(25)10-9-16-13(2)17(11-22)21(27)23-14(16)3/h12,15,18H,5-10H2,1-4H3,(H,23,27)(H,24,26)/t12-,15+,18-/m0/s1. The number of ether oxygens (including phenoxy) is 1. The second-order valence-electron chi connectivity index (χ2n) is 7.68. The van der Waals surface area contributed by atoms with Crippen LogP contribution in [0.15, 0.2) is 4.79 Å². The second-order valence-corrected chi connectivity index (χ2v) is 7.68. The lowest BCUT2D eigenvalue weighted by atomic mass is 9.86. The monoisotopic (exact) mass is 387 g/mol. The van der Waals surface area contributed by atoms with Crippen LogP contribution < -0.4 is 10.9 Å². The third-order valence-electron chi connectivity index (χ3n) is 5.62. The van der Waals surface area contributed by atoms with Gasteiger partial charge in [0.15, 0.2) is 6.10 Å². The van der Waals surface area contributed by atoms with E-state index in [9.17, 15) is 14.4 Å². The van der Waals surface area contributed by atoms with Crippen molar-refractivity contribution in [2.24, 2.45) is 5.92 Å². The van der Waals surface area contributed by atoms with E-state index >= 15 is 0 Å². The number of aromatic nitrogens is 1. The topological polar surface area (TPSA) is 112 Å². The normalized spacial score (nSPS) is 20.1. The average molecular weight is 387 g/mol. The summed E-state index contributed by atoms with van der Waals surface area (Å²) >= 11 is 0. The Morgan fingerprint density at radius 1 is 1.32 bits per heavy atom. The number of carbonyl (C=O) groups excluding carboxylic acids is 2. The Morgan fingerprint density at radius 2 is 2.00 bits per heavy atom. The first-order valence-corrected chi connectivity index (χ1v) is 9.86. The van der Waals surface area contributed by atoms with Crippen LogP contribution in [-0.4, -0.2) is 29.0 Å². The molecule has 152 valence electrons. The zero-order valence-corrected chi connectivity index (χ0v) is 17.1. The number of esters is 1. The highest BCUT2D eigenvalue weighted by Crippen LogP contribution is 2.23. The number of hydrogen-bond acceptors (Lipinski definition) is 5. The summed E-state index contributed by atoms with van der Waals surface area (Å²) in [5, 5.41) is 12.1. The molecule has 1 amide bonds. The van der Waals surface area contributed by atoms with E-state index in [0.29, 0.717) is 23.6 Å². The molecule has 1 aromatic heterocycles. The van der Waals surface area contributed by atoms with Crippen molar-refractivity contribution < 1.29 is 14.3 Å². The lowest BCUT2D eigenvalue weighted by Gasteiger charge is -2.30. The van der Waals surface area contributed by atoms with Gasteiger partial charge in [0.25, 0.3) is 11.5 Å². The Labute approximate surface area is 165 Å². The summed E-state index contributed by atoms with van der Waals surface area (Å²) in [7, 11) is 0. The van der Waals surface area contributed by atoms with Gasteiger partial charge in [-0.15, -0.1) is 0 Å². The zero-order valence-electron chi connectivity index (χ0n) is 17.1. The molecule has 3 atom stereocenters. The van der Waals surface area contributed by atoms with Crippen molar-refractivity contribution >= 4 is 11.9 Å². The van der Waals surface area contributed by atoms with E-state index in [2.05, 4.69) is 17.2 Å². The van der Waals surface area contributed by atoms with Gasteiger partial charge in [-0.2, -0.15) is 5.26 Å². The van der Waals surface area contributed by atoms with Gasteiger partial charge in [0.05, 0.1) is 0 Å². The highest BCUT2D eigenvalue weighted by Gasteiger charge is 2.26. The van der Waals surface area contributed by atoms with Crippen LogP contribution in [-0.2, 0) is 20.7 Å². The second kappa shape index (κ2) is 9.54. The maximum Gasteiger partial charge on any atom is 0.306 e. The van der Waals surface area contributed by atoms with Crippen LogP contribution in [0.1, 0.15) is 68.3 Å². The predicted molar refractivity (Wildman–Crippen MR) is 105 cm³/mol. The van der Waals surface area contributed by atoms with Gasteiger partial charge in [-0.05, 0) is 57.1 Å². The van der Waals surface area contributed by atoms with Crippen molar-refractivity contribution in [2.45, 2.75) is 78.4 Å². The minimum atomic E-state index is -0.853. The third kappa shape index (κ3) is 5.22. The van der Waals surface area contributed by atoms with Crippen LogP contribution in [0.2, 0.25) is 0 Å². The number of carbonyl (C=O) groups is 2.